The van der Waals surface area contributed by atoms with E-state index in [1.165, 1.54) is 34.5 Å². The molecule has 0 spiro atoms. The Hall–Kier alpha value is -1.65. The lowest BCUT2D eigenvalue weighted by atomic mass is 9.90. The van der Waals surface area contributed by atoms with Crippen LogP contribution in [0.25, 0.3) is 0 Å². The number of carbonyl (C=O) groups excluding carboxylic acids is 2. The summed E-state index contributed by atoms with van der Waals surface area (Å²) in [6.45, 7) is 6.57. The van der Waals surface area contributed by atoms with Crippen molar-refractivity contribution in [2.24, 2.45) is 5.92 Å². The number of carboxylic acid groups (broad SMARTS) is 1. The van der Waals surface area contributed by atoms with E-state index >= 15 is 0 Å². The van der Waals surface area contributed by atoms with Gasteiger partial charge in [0.15, 0.2) is 5.70 Å². The van der Waals surface area contributed by atoms with Gasteiger partial charge in [-0.2, -0.15) is 0 Å². The first-order chi connectivity index (χ1) is 13.4. The number of hydrogen-bond acceptors (Lipinski definition) is 7. The van der Waals surface area contributed by atoms with Crippen molar-refractivity contribution in [3.8, 4) is 0 Å². The molecule has 3 atom stereocenters. The quantitative estimate of drug-likeness (QED) is 0.469. The predicted octanol–water partition coefficient (Wildman–Crippen LogP) is 2.06. The minimum Gasteiger partial charge on any atom is -0.477 e. The molecule has 2 fully saturated rings. The highest BCUT2D eigenvalue weighted by Gasteiger charge is 2.58. The van der Waals surface area contributed by atoms with E-state index in [0.29, 0.717) is 36.6 Å². The monoisotopic (exact) mass is 428 g/mol. The van der Waals surface area contributed by atoms with Crippen LogP contribution in [0, 0.1) is 5.92 Å². The van der Waals surface area contributed by atoms with E-state index in [1.54, 1.807) is 11.8 Å². The Bertz CT molecular complexity index is 704. The number of amides is 2. The molecule has 0 unspecified atom stereocenters. The third-order valence-corrected chi connectivity index (χ3v) is 8.02. The minimum atomic E-state index is -1.12. The Morgan fingerprint density at radius 3 is 2.68 bits per heavy atom. The van der Waals surface area contributed by atoms with E-state index in [0.717, 1.165) is 0 Å². The zero-order valence-electron chi connectivity index (χ0n) is 15.6. The molecule has 3 rings (SSSR count). The van der Waals surface area contributed by atoms with E-state index in [9.17, 15) is 24.6 Å². The van der Waals surface area contributed by atoms with Crippen LogP contribution in [0.5, 0.6) is 0 Å². The molecular weight excluding hydrogens is 404 g/mol. The van der Waals surface area contributed by atoms with Gasteiger partial charge in [-0.1, -0.05) is 31.3 Å². The fourth-order valence-corrected chi connectivity index (χ4v) is 6.77. The summed E-state index contributed by atoms with van der Waals surface area (Å²) in [5.41, 5.74) is 0.0253. The second-order valence-electron chi connectivity index (χ2n) is 6.83. The number of nitrogens with zero attached hydrogens (tertiary/aromatic N) is 2. The number of hydrogen-bond donors (Lipinski definition) is 2. The van der Waals surface area contributed by atoms with Gasteiger partial charge < -0.3 is 19.8 Å². The molecule has 0 aliphatic carbocycles. The SMILES string of the molecule is C=CCOC(=O)N1CCC(SC2=C(C(=O)O)N3C(=O)[C@@H]([C@@H](O)CC)[C@H]3S2)CC1. The third kappa shape index (κ3) is 3.90. The topological polar surface area (TPSA) is 107 Å². The number of aliphatic hydroxyl groups is 1. The van der Waals surface area contributed by atoms with Crippen molar-refractivity contribution in [2.45, 2.75) is 42.9 Å². The van der Waals surface area contributed by atoms with Crippen molar-refractivity contribution in [2.75, 3.05) is 19.7 Å². The van der Waals surface area contributed by atoms with E-state index in [2.05, 4.69) is 6.58 Å². The minimum absolute atomic E-state index is 0.0253. The van der Waals surface area contributed by atoms with Gasteiger partial charge >= 0.3 is 12.1 Å². The number of carbonyl (C=O) groups is 3. The molecule has 3 aliphatic heterocycles. The summed E-state index contributed by atoms with van der Waals surface area (Å²) in [5.74, 6) is -2.00. The van der Waals surface area contributed by atoms with Crippen molar-refractivity contribution < 1.29 is 29.3 Å². The van der Waals surface area contributed by atoms with Crippen LogP contribution in [0.2, 0.25) is 0 Å². The second-order valence-corrected chi connectivity index (χ2v) is 9.53. The Morgan fingerprint density at radius 2 is 2.11 bits per heavy atom. The lowest BCUT2D eigenvalue weighted by Crippen LogP contribution is -2.61. The molecule has 0 aromatic carbocycles. The fourth-order valence-electron chi connectivity index (χ4n) is 3.53. The molecule has 2 amide bonds. The van der Waals surface area contributed by atoms with Crippen molar-refractivity contribution in [3.05, 3.63) is 22.6 Å². The number of aliphatic hydroxyl groups excluding tert-OH is 1. The summed E-state index contributed by atoms with van der Waals surface area (Å²) in [5, 5.41) is 19.5. The van der Waals surface area contributed by atoms with Crippen LogP contribution < -0.4 is 0 Å². The molecule has 28 heavy (non-hydrogen) atoms. The normalized spacial score (nSPS) is 26.0. The van der Waals surface area contributed by atoms with E-state index in [-0.39, 0.29) is 34.9 Å². The number of aliphatic carboxylic acids is 1. The molecular formula is C18H24N2O6S2. The fraction of sp³-hybridized carbons (Fsp3) is 0.611. The van der Waals surface area contributed by atoms with Gasteiger partial charge in [0.05, 0.1) is 16.3 Å². The average Bonchev–Trinajstić information content (AvgIpc) is 3.01. The van der Waals surface area contributed by atoms with Gasteiger partial charge in [-0.25, -0.2) is 9.59 Å². The lowest BCUT2D eigenvalue weighted by Gasteiger charge is -2.44. The van der Waals surface area contributed by atoms with Crippen LogP contribution in [0.3, 0.4) is 0 Å². The Balaban J connectivity index is 1.62. The van der Waals surface area contributed by atoms with Crippen LogP contribution in [0.15, 0.2) is 22.6 Å². The molecule has 3 heterocycles. The Labute approximate surface area is 171 Å². The summed E-state index contributed by atoms with van der Waals surface area (Å²) < 4.78 is 5.66. The molecule has 0 aromatic heterocycles. The van der Waals surface area contributed by atoms with Crippen LogP contribution in [0.4, 0.5) is 4.79 Å². The molecule has 154 valence electrons. The maximum Gasteiger partial charge on any atom is 0.410 e. The summed E-state index contributed by atoms with van der Waals surface area (Å²) in [6.07, 6.45) is 2.27. The number of fused-ring (bicyclic) bond motifs is 1. The van der Waals surface area contributed by atoms with Gasteiger partial charge in [0.25, 0.3) is 0 Å². The molecule has 8 nitrogen and oxygen atoms in total. The molecule has 0 bridgehead atoms. The van der Waals surface area contributed by atoms with Crippen molar-refractivity contribution in [3.63, 3.8) is 0 Å². The number of β-lactam (4-membered cyclic amide) rings is 1. The molecule has 2 N–H and O–H groups in total. The number of thioether (sulfide) groups is 2. The first-order valence-electron chi connectivity index (χ1n) is 9.23. The first kappa shape index (κ1) is 21.1. The van der Waals surface area contributed by atoms with Crippen molar-refractivity contribution in [1.82, 2.24) is 9.80 Å². The van der Waals surface area contributed by atoms with Crippen LogP contribution >= 0.6 is 23.5 Å². The Kier molecular flexibility index (Phi) is 6.61. The number of likely N-dealkylation sites (tertiary alicyclic amines) is 1. The highest BCUT2D eigenvalue weighted by molar-refractivity contribution is 8.23. The predicted molar refractivity (Wildman–Crippen MR) is 106 cm³/mol. The maximum absolute atomic E-state index is 12.4. The number of carboxylic acids is 1. The highest BCUT2D eigenvalue weighted by atomic mass is 32.2. The maximum atomic E-state index is 12.4. The van der Waals surface area contributed by atoms with Crippen molar-refractivity contribution in [1.29, 1.82) is 0 Å². The van der Waals surface area contributed by atoms with Crippen LogP contribution in [-0.4, -0.2) is 74.4 Å². The smallest absolute Gasteiger partial charge is 0.410 e. The number of piperidine rings is 1. The summed E-state index contributed by atoms with van der Waals surface area (Å²) >= 11 is 2.81. The van der Waals surface area contributed by atoms with Gasteiger partial charge in [0.1, 0.15) is 12.0 Å². The van der Waals surface area contributed by atoms with Gasteiger partial charge in [-0.3, -0.25) is 9.69 Å². The molecule has 0 saturated carbocycles. The molecule has 0 radical (unpaired) electrons. The number of rotatable bonds is 7. The lowest BCUT2D eigenvalue weighted by molar-refractivity contribution is -0.157. The highest BCUT2D eigenvalue weighted by Crippen LogP contribution is 2.55. The van der Waals surface area contributed by atoms with Crippen LogP contribution in [0.1, 0.15) is 26.2 Å². The standard InChI is InChI=1S/C18H24N2O6S2/c1-3-9-26-18(25)19-7-5-10(6-8-19)27-17-13(16(23)24)20-14(22)12(11(21)4-2)15(20)28-17/h3,10-12,15,21H,1,4-9H2,2H3,(H,23,24)/t11-,12+,15+/m0/s1. The summed E-state index contributed by atoms with van der Waals surface area (Å²) in [7, 11) is 0. The summed E-state index contributed by atoms with van der Waals surface area (Å²) in [6, 6.07) is 0. The van der Waals surface area contributed by atoms with E-state index in [4.69, 9.17) is 4.74 Å². The Morgan fingerprint density at radius 1 is 1.43 bits per heavy atom. The molecule has 0 aromatic rings. The van der Waals surface area contributed by atoms with Crippen LogP contribution in [-0.2, 0) is 14.3 Å². The van der Waals surface area contributed by atoms with E-state index < -0.39 is 18.0 Å². The van der Waals surface area contributed by atoms with Gasteiger partial charge in [-0.05, 0) is 19.3 Å². The first-order valence-corrected chi connectivity index (χ1v) is 11.0. The van der Waals surface area contributed by atoms with Gasteiger partial charge in [0, 0.05) is 18.3 Å². The molecule has 10 heteroatoms. The van der Waals surface area contributed by atoms with E-state index in [1.807, 2.05) is 0 Å². The second kappa shape index (κ2) is 8.79. The average molecular weight is 429 g/mol. The molecule has 2 saturated heterocycles. The zero-order chi connectivity index (χ0) is 20.4. The van der Waals surface area contributed by atoms with Gasteiger partial charge in [-0.15, -0.1) is 11.8 Å². The largest absolute Gasteiger partial charge is 0.477 e. The number of ether oxygens (including phenoxy) is 1. The summed E-state index contributed by atoms with van der Waals surface area (Å²) in [4.78, 5) is 39.0. The molecule has 3 aliphatic rings. The van der Waals surface area contributed by atoms with Gasteiger partial charge in [0.2, 0.25) is 5.91 Å². The zero-order valence-corrected chi connectivity index (χ0v) is 17.2. The van der Waals surface area contributed by atoms with Crippen molar-refractivity contribution >= 4 is 41.5 Å². The third-order valence-electron chi connectivity index (χ3n) is 5.08.